The van der Waals surface area contributed by atoms with Gasteiger partial charge in [0.25, 0.3) is 6.47 Å². The minimum Gasteiger partial charge on any atom is -0.464 e. The second-order valence-corrected chi connectivity index (χ2v) is 15.0. The van der Waals surface area contributed by atoms with Gasteiger partial charge in [0, 0.05) is 17.3 Å². The average molecular weight is 697 g/mol. The Labute approximate surface area is 300 Å². The second-order valence-electron chi connectivity index (χ2n) is 15.0. The summed E-state index contributed by atoms with van der Waals surface area (Å²) in [7, 11) is 0. The SMILES string of the molecule is CC1CCC2C(C)(COC(=O)c3ccccc3)C(OC=O)CCC2(C)C12CCC(CCOC(=O)c1ccccc1)(COC(=O)c1ccccc1)O2. The summed E-state index contributed by atoms with van der Waals surface area (Å²) < 4.78 is 30.9. The van der Waals surface area contributed by atoms with Gasteiger partial charge in [0.1, 0.15) is 24.9 Å². The van der Waals surface area contributed by atoms with Gasteiger partial charge in [0.15, 0.2) is 0 Å². The van der Waals surface area contributed by atoms with Gasteiger partial charge in [-0.3, -0.25) is 4.79 Å². The first kappa shape index (κ1) is 36.3. The highest BCUT2D eigenvalue weighted by atomic mass is 16.6. The van der Waals surface area contributed by atoms with Gasteiger partial charge < -0.3 is 23.7 Å². The van der Waals surface area contributed by atoms with E-state index in [-0.39, 0.29) is 31.7 Å². The summed E-state index contributed by atoms with van der Waals surface area (Å²) in [6.45, 7) is 7.23. The Balaban J connectivity index is 1.27. The molecule has 6 rings (SSSR count). The van der Waals surface area contributed by atoms with E-state index < -0.39 is 46.0 Å². The van der Waals surface area contributed by atoms with Crippen LogP contribution in [0.1, 0.15) is 96.8 Å². The Kier molecular flexibility index (Phi) is 10.7. The molecule has 1 saturated heterocycles. The first-order valence-corrected chi connectivity index (χ1v) is 18.0. The fourth-order valence-electron chi connectivity index (χ4n) is 9.46. The molecule has 7 unspecified atom stereocenters. The molecule has 2 saturated carbocycles. The quantitative estimate of drug-likeness (QED) is 0.107. The van der Waals surface area contributed by atoms with Crippen LogP contribution < -0.4 is 0 Å². The number of esters is 3. The zero-order valence-electron chi connectivity index (χ0n) is 29.7. The number of carbonyl (C=O) groups excluding carboxylic acids is 4. The van der Waals surface area contributed by atoms with Crippen molar-refractivity contribution in [2.24, 2.45) is 22.7 Å². The molecule has 1 heterocycles. The molecule has 7 atom stereocenters. The van der Waals surface area contributed by atoms with Crippen molar-refractivity contribution in [1.29, 1.82) is 0 Å². The van der Waals surface area contributed by atoms with Crippen molar-refractivity contribution in [2.45, 2.75) is 83.0 Å². The van der Waals surface area contributed by atoms with Crippen molar-refractivity contribution in [3.8, 4) is 0 Å². The maximum atomic E-state index is 13.2. The Morgan fingerprint density at radius 3 is 1.78 bits per heavy atom. The molecule has 3 fully saturated rings. The largest absolute Gasteiger partial charge is 0.464 e. The lowest BCUT2D eigenvalue weighted by atomic mass is 9.43. The predicted molar refractivity (Wildman–Crippen MR) is 189 cm³/mol. The first-order chi connectivity index (χ1) is 24.6. The van der Waals surface area contributed by atoms with Gasteiger partial charge in [-0.05, 0) is 86.8 Å². The second kappa shape index (κ2) is 15.0. The molecule has 9 heteroatoms. The van der Waals surface area contributed by atoms with Gasteiger partial charge in [-0.25, -0.2) is 14.4 Å². The van der Waals surface area contributed by atoms with Crippen LogP contribution in [0.4, 0.5) is 0 Å². The monoisotopic (exact) mass is 696 g/mol. The number of carbonyl (C=O) groups is 4. The number of hydrogen-bond donors (Lipinski definition) is 0. The van der Waals surface area contributed by atoms with Crippen molar-refractivity contribution < 1.29 is 42.9 Å². The standard InChI is InChI=1S/C42H48O9/c1-30-19-20-34-39(2,27-48-37(45)32-15-9-5-10-16-32)35(50-29-43)21-22-40(34,3)42(30)24-23-41(51-42,28-49-38(46)33-17-11-6-12-18-33)25-26-47-36(44)31-13-7-4-8-14-31/h4-18,29-30,34-35H,19-28H2,1-3H3. The highest BCUT2D eigenvalue weighted by Gasteiger charge is 2.69. The molecule has 0 bridgehead atoms. The molecule has 9 nitrogen and oxygen atoms in total. The van der Waals surface area contributed by atoms with Crippen LogP contribution in [-0.2, 0) is 28.5 Å². The molecule has 3 aromatic rings. The van der Waals surface area contributed by atoms with E-state index in [0.29, 0.717) is 48.8 Å². The van der Waals surface area contributed by atoms with Crippen molar-refractivity contribution in [3.63, 3.8) is 0 Å². The van der Waals surface area contributed by atoms with Crippen LogP contribution in [0.2, 0.25) is 0 Å². The zero-order chi connectivity index (χ0) is 36.1. The third kappa shape index (κ3) is 7.05. The summed E-state index contributed by atoms with van der Waals surface area (Å²) in [5.41, 5.74) is -1.27. The molecule has 0 N–H and O–H groups in total. The van der Waals surface area contributed by atoms with Crippen LogP contribution in [0, 0.1) is 22.7 Å². The van der Waals surface area contributed by atoms with Gasteiger partial charge in [-0.1, -0.05) is 75.4 Å². The molecule has 1 aliphatic heterocycles. The molecular weight excluding hydrogens is 648 g/mol. The molecule has 2 aliphatic carbocycles. The third-order valence-electron chi connectivity index (χ3n) is 12.2. The van der Waals surface area contributed by atoms with Gasteiger partial charge in [-0.15, -0.1) is 0 Å². The van der Waals surface area contributed by atoms with E-state index >= 15 is 0 Å². The summed E-state index contributed by atoms with van der Waals surface area (Å²) in [6, 6.07) is 26.6. The number of rotatable bonds is 12. The minimum atomic E-state index is -0.910. The van der Waals surface area contributed by atoms with Gasteiger partial charge in [0.05, 0.1) is 28.9 Å². The number of hydrogen-bond acceptors (Lipinski definition) is 9. The Morgan fingerprint density at radius 2 is 1.24 bits per heavy atom. The van der Waals surface area contributed by atoms with E-state index in [4.69, 9.17) is 23.7 Å². The summed E-state index contributed by atoms with van der Waals surface area (Å²) in [6.07, 6.45) is 4.18. The lowest BCUT2D eigenvalue weighted by Crippen LogP contribution is -2.67. The number of ether oxygens (including phenoxy) is 5. The van der Waals surface area contributed by atoms with E-state index in [0.717, 1.165) is 19.3 Å². The zero-order valence-corrected chi connectivity index (χ0v) is 29.7. The number of benzene rings is 3. The van der Waals surface area contributed by atoms with Crippen LogP contribution in [0.3, 0.4) is 0 Å². The van der Waals surface area contributed by atoms with Crippen molar-refractivity contribution >= 4 is 24.4 Å². The van der Waals surface area contributed by atoms with Crippen LogP contribution in [0.25, 0.3) is 0 Å². The van der Waals surface area contributed by atoms with Gasteiger partial charge >= 0.3 is 17.9 Å². The molecule has 0 radical (unpaired) electrons. The van der Waals surface area contributed by atoms with Crippen LogP contribution >= 0.6 is 0 Å². The van der Waals surface area contributed by atoms with Crippen LogP contribution in [0.15, 0.2) is 91.0 Å². The molecule has 51 heavy (non-hydrogen) atoms. The van der Waals surface area contributed by atoms with Crippen molar-refractivity contribution in [3.05, 3.63) is 108 Å². The first-order valence-electron chi connectivity index (χ1n) is 18.0. The lowest BCUT2D eigenvalue weighted by molar-refractivity contribution is -0.272. The predicted octanol–water partition coefficient (Wildman–Crippen LogP) is 7.63. The van der Waals surface area contributed by atoms with E-state index in [1.54, 1.807) is 72.8 Å². The van der Waals surface area contributed by atoms with E-state index in [1.165, 1.54) is 0 Å². The summed E-state index contributed by atoms with van der Waals surface area (Å²) in [5, 5.41) is 0. The summed E-state index contributed by atoms with van der Waals surface area (Å²) >= 11 is 0. The number of fused-ring (bicyclic) bond motifs is 2. The third-order valence-corrected chi connectivity index (χ3v) is 12.2. The minimum absolute atomic E-state index is 0.00165. The van der Waals surface area contributed by atoms with E-state index in [9.17, 15) is 19.2 Å². The fourth-order valence-corrected chi connectivity index (χ4v) is 9.46. The topological polar surface area (TPSA) is 114 Å². The Morgan fingerprint density at radius 1 is 0.706 bits per heavy atom. The fraction of sp³-hybridized carbons (Fsp3) is 0.476. The molecule has 3 aliphatic rings. The molecule has 270 valence electrons. The van der Waals surface area contributed by atoms with Crippen molar-refractivity contribution in [2.75, 3.05) is 19.8 Å². The van der Waals surface area contributed by atoms with Crippen LogP contribution in [-0.4, -0.2) is 61.5 Å². The van der Waals surface area contributed by atoms with E-state index in [2.05, 4.69) is 20.8 Å². The van der Waals surface area contributed by atoms with E-state index in [1.807, 2.05) is 18.2 Å². The Bertz CT molecular complexity index is 1680. The Hall–Kier alpha value is -4.50. The maximum Gasteiger partial charge on any atom is 0.338 e. The molecule has 0 amide bonds. The lowest BCUT2D eigenvalue weighted by Gasteiger charge is -2.65. The van der Waals surface area contributed by atoms with Crippen molar-refractivity contribution in [1.82, 2.24) is 0 Å². The summed E-state index contributed by atoms with van der Waals surface area (Å²) in [5.74, 6) is -1.17. The smallest absolute Gasteiger partial charge is 0.338 e. The molecular formula is C42H48O9. The summed E-state index contributed by atoms with van der Waals surface area (Å²) in [4.78, 5) is 51.0. The van der Waals surface area contributed by atoms with Gasteiger partial charge in [-0.2, -0.15) is 0 Å². The van der Waals surface area contributed by atoms with Gasteiger partial charge in [0.2, 0.25) is 0 Å². The maximum absolute atomic E-state index is 13.2. The molecule has 1 spiro atoms. The normalized spacial score (nSPS) is 31.2. The molecule has 3 aromatic carbocycles. The molecule has 0 aromatic heterocycles. The highest BCUT2D eigenvalue weighted by molar-refractivity contribution is 5.90. The average Bonchev–Trinajstić information content (AvgIpc) is 3.55. The van der Waals surface area contributed by atoms with Crippen LogP contribution in [0.5, 0.6) is 0 Å². The highest BCUT2D eigenvalue weighted by Crippen LogP contribution is 2.68.